The molecule has 0 spiro atoms. The molecule has 1 atom stereocenters. The summed E-state index contributed by atoms with van der Waals surface area (Å²) in [4.78, 5) is 14.8. The molecule has 2 heterocycles. The maximum absolute atomic E-state index is 13.1. The van der Waals surface area contributed by atoms with E-state index in [0.29, 0.717) is 18.5 Å². The van der Waals surface area contributed by atoms with Gasteiger partial charge in [-0.05, 0) is 42.3 Å². The standard InChI is InChI=1S/C18H17FN2O2/c19-15-5-3-13(4-6-15)16(17-2-1-11-23-17)8-10-21-18(22)14-7-9-20-12-14/h1-7,9,11-12,16,20H,8,10H2,(H,21,22)/t16-/m0/s1. The molecular weight excluding hydrogens is 295 g/mol. The van der Waals surface area contributed by atoms with Crippen LogP contribution in [0.15, 0.2) is 65.5 Å². The zero-order chi connectivity index (χ0) is 16.1. The highest BCUT2D eigenvalue weighted by molar-refractivity contribution is 5.93. The van der Waals surface area contributed by atoms with Gasteiger partial charge < -0.3 is 14.7 Å². The average molecular weight is 312 g/mol. The van der Waals surface area contributed by atoms with Crippen LogP contribution < -0.4 is 5.32 Å². The Hall–Kier alpha value is -2.82. The first kappa shape index (κ1) is 15.1. The highest BCUT2D eigenvalue weighted by atomic mass is 19.1. The van der Waals surface area contributed by atoms with Gasteiger partial charge in [-0.1, -0.05) is 12.1 Å². The minimum absolute atomic E-state index is 0.0304. The molecule has 0 fully saturated rings. The maximum atomic E-state index is 13.1. The first-order chi connectivity index (χ1) is 11.2. The fraction of sp³-hybridized carbons (Fsp3) is 0.167. The Morgan fingerprint density at radius 2 is 2.04 bits per heavy atom. The molecule has 0 aliphatic carbocycles. The molecule has 5 heteroatoms. The number of aromatic nitrogens is 1. The zero-order valence-electron chi connectivity index (χ0n) is 12.5. The number of halogens is 1. The molecule has 1 aromatic carbocycles. The van der Waals surface area contributed by atoms with Gasteiger partial charge in [0.25, 0.3) is 5.91 Å². The molecule has 2 N–H and O–H groups in total. The van der Waals surface area contributed by atoms with Gasteiger partial charge in [-0.2, -0.15) is 0 Å². The SMILES string of the molecule is O=C(NCC[C@@H](c1ccc(F)cc1)c1ccco1)c1cc[nH]c1. The number of nitrogens with one attached hydrogen (secondary N) is 2. The van der Waals surface area contributed by atoms with Crippen molar-refractivity contribution in [1.29, 1.82) is 0 Å². The largest absolute Gasteiger partial charge is 0.469 e. The van der Waals surface area contributed by atoms with Crippen LogP contribution in [0.2, 0.25) is 0 Å². The summed E-state index contributed by atoms with van der Waals surface area (Å²) in [7, 11) is 0. The van der Waals surface area contributed by atoms with E-state index in [4.69, 9.17) is 4.42 Å². The summed E-state index contributed by atoms with van der Waals surface area (Å²) in [5.74, 6) is 0.376. The molecule has 0 saturated heterocycles. The van der Waals surface area contributed by atoms with Gasteiger partial charge >= 0.3 is 0 Å². The van der Waals surface area contributed by atoms with Gasteiger partial charge in [0.15, 0.2) is 0 Å². The lowest BCUT2D eigenvalue weighted by molar-refractivity contribution is 0.0952. The van der Waals surface area contributed by atoms with Crippen molar-refractivity contribution < 1.29 is 13.6 Å². The van der Waals surface area contributed by atoms with Crippen molar-refractivity contribution in [3.8, 4) is 0 Å². The minimum atomic E-state index is -0.271. The summed E-state index contributed by atoms with van der Waals surface area (Å²) in [6, 6.07) is 11.8. The van der Waals surface area contributed by atoms with Crippen molar-refractivity contribution in [2.24, 2.45) is 0 Å². The fourth-order valence-electron chi connectivity index (χ4n) is 2.56. The highest BCUT2D eigenvalue weighted by Crippen LogP contribution is 2.28. The van der Waals surface area contributed by atoms with Crippen LogP contribution in [0.1, 0.15) is 34.0 Å². The summed E-state index contributed by atoms with van der Waals surface area (Å²) in [6.07, 6.45) is 5.64. The summed E-state index contributed by atoms with van der Waals surface area (Å²) in [5, 5.41) is 2.88. The molecule has 4 nitrogen and oxygen atoms in total. The van der Waals surface area contributed by atoms with Crippen LogP contribution in [0.5, 0.6) is 0 Å². The van der Waals surface area contributed by atoms with Crippen molar-refractivity contribution in [2.75, 3.05) is 6.54 Å². The van der Waals surface area contributed by atoms with Gasteiger partial charge in [0.1, 0.15) is 11.6 Å². The molecule has 3 aromatic rings. The van der Waals surface area contributed by atoms with Crippen LogP contribution in [-0.2, 0) is 0 Å². The number of carbonyl (C=O) groups excluding carboxylic acids is 1. The number of amides is 1. The number of hydrogen-bond acceptors (Lipinski definition) is 2. The van der Waals surface area contributed by atoms with Crippen LogP contribution in [0.3, 0.4) is 0 Å². The molecule has 23 heavy (non-hydrogen) atoms. The number of furan rings is 1. The average Bonchev–Trinajstić information content (AvgIpc) is 3.26. The summed E-state index contributed by atoms with van der Waals surface area (Å²) in [5.41, 5.74) is 1.55. The third kappa shape index (κ3) is 3.69. The Bertz CT molecular complexity index is 734. The van der Waals surface area contributed by atoms with Crippen molar-refractivity contribution >= 4 is 5.91 Å². The zero-order valence-corrected chi connectivity index (χ0v) is 12.5. The van der Waals surface area contributed by atoms with Gasteiger partial charge in [-0.15, -0.1) is 0 Å². The molecule has 0 aliphatic heterocycles. The smallest absolute Gasteiger partial charge is 0.252 e. The van der Waals surface area contributed by atoms with Gasteiger partial charge in [-0.3, -0.25) is 4.79 Å². The number of rotatable bonds is 6. The van der Waals surface area contributed by atoms with E-state index in [-0.39, 0.29) is 17.6 Å². The van der Waals surface area contributed by atoms with Crippen LogP contribution in [0.4, 0.5) is 4.39 Å². The maximum Gasteiger partial charge on any atom is 0.252 e. The Balaban J connectivity index is 1.67. The molecule has 2 aromatic heterocycles. The summed E-state index contributed by atoms with van der Waals surface area (Å²) >= 11 is 0. The van der Waals surface area contributed by atoms with Gasteiger partial charge in [0.2, 0.25) is 0 Å². The monoisotopic (exact) mass is 312 g/mol. The minimum Gasteiger partial charge on any atom is -0.469 e. The second-order valence-electron chi connectivity index (χ2n) is 5.26. The third-order valence-electron chi connectivity index (χ3n) is 3.74. The van der Waals surface area contributed by atoms with Crippen LogP contribution in [0.25, 0.3) is 0 Å². The molecule has 3 rings (SSSR count). The van der Waals surface area contributed by atoms with E-state index in [9.17, 15) is 9.18 Å². The van der Waals surface area contributed by atoms with Gasteiger partial charge in [-0.25, -0.2) is 4.39 Å². The number of carbonyl (C=O) groups is 1. The lowest BCUT2D eigenvalue weighted by atomic mass is 9.93. The summed E-state index contributed by atoms with van der Waals surface area (Å²) < 4.78 is 18.6. The molecule has 0 saturated carbocycles. The molecule has 0 aliphatic rings. The molecule has 0 bridgehead atoms. The molecule has 118 valence electrons. The van der Waals surface area contributed by atoms with Crippen LogP contribution in [-0.4, -0.2) is 17.4 Å². The van der Waals surface area contributed by atoms with E-state index in [1.54, 1.807) is 36.9 Å². The Morgan fingerprint density at radius 3 is 2.70 bits per heavy atom. The van der Waals surface area contributed by atoms with Crippen molar-refractivity contribution in [3.05, 3.63) is 83.8 Å². The Kier molecular flexibility index (Phi) is 4.57. The predicted molar refractivity (Wildman–Crippen MR) is 84.7 cm³/mol. The number of hydrogen-bond donors (Lipinski definition) is 2. The Labute approximate surface area is 133 Å². The number of benzene rings is 1. The lowest BCUT2D eigenvalue weighted by Gasteiger charge is -2.15. The van der Waals surface area contributed by atoms with Crippen molar-refractivity contribution in [2.45, 2.75) is 12.3 Å². The van der Waals surface area contributed by atoms with Crippen LogP contribution in [0, 0.1) is 5.82 Å². The normalized spacial score (nSPS) is 12.0. The fourth-order valence-corrected chi connectivity index (χ4v) is 2.56. The second kappa shape index (κ2) is 6.96. The first-order valence-electron chi connectivity index (χ1n) is 7.44. The quantitative estimate of drug-likeness (QED) is 0.729. The van der Waals surface area contributed by atoms with E-state index in [2.05, 4.69) is 10.3 Å². The number of aromatic amines is 1. The Morgan fingerprint density at radius 1 is 1.22 bits per heavy atom. The number of H-pyrrole nitrogens is 1. The first-order valence-corrected chi connectivity index (χ1v) is 7.44. The van der Waals surface area contributed by atoms with Gasteiger partial charge in [0, 0.05) is 24.9 Å². The second-order valence-corrected chi connectivity index (χ2v) is 5.26. The van der Waals surface area contributed by atoms with E-state index in [0.717, 1.165) is 11.3 Å². The topological polar surface area (TPSA) is 58.0 Å². The summed E-state index contributed by atoms with van der Waals surface area (Å²) in [6.45, 7) is 0.493. The van der Waals surface area contributed by atoms with E-state index < -0.39 is 0 Å². The molecule has 1 amide bonds. The van der Waals surface area contributed by atoms with E-state index >= 15 is 0 Å². The predicted octanol–water partition coefficient (Wildman–Crippen LogP) is 3.70. The molecular formula is C18H17FN2O2. The van der Waals surface area contributed by atoms with E-state index in [1.807, 2.05) is 12.1 Å². The third-order valence-corrected chi connectivity index (χ3v) is 3.74. The van der Waals surface area contributed by atoms with Crippen LogP contribution >= 0.6 is 0 Å². The highest BCUT2D eigenvalue weighted by Gasteiger charge is 2.17. The van der Waals surface area contributed by atoms with Gasteiger partial charge in [0.05, 0.1) is 11.8 Å². The van der Waals surface area contributed by atoms with Crippen molar-refractivity contribution in [3.63, 3.8) is 0 Å². The molecule has 0 radical (unpaired) electrons. The lowest BCUT2D eigenvalue weighted by Crippen LogP contribution is -2.25. The van der Waals surface area contributed by atoms with E-state index in [1.165, 1.54) is 12.1 Å². The van der Waals surface area contributed by atoms with Crippen molar-refractivity contribution in [1.82, 2.24) is 10.3 Å². The molecule has 0 unspecified atom stereocenters.